The minimum absolute atomic E-state index is 0.274. The normalized spacial score (nSPS) is 11.5. The molecular formula is C15H26N2. The van der Waals surface area contributed by atoms with Crippen molar-refractivity contribution in [1.29, 1.82) is 0 Å². The fraction of sp³-hybridized carbons (Fsp3) is 0.600. The molecule has 17 heavy (non-hydrogen) atoms. The summed E-state index contributed by atoms with van der Waals surface area (Å²) in [4.78, 5) is 2.42. The molecule has 0 heterocycles. The van der Waals surface area contributed by atoms with Crippen molar-refractivity contribution in [2.45, 2.75) is 33.6 Å². The summed E-state index contributed by atoms with van der Waals surface area (Å²) in [5.74, 6) is 0. The summed E-state index contributed by atoms with van der Waals surface area (Å²) in [6.07, 6.45) is 2.39. The van der Waals surface area contributed by atoms with Gasteiger partial charge in [-0.25, -0.2) is 0 Å². The molecule has 2 nitrogen and oxygen atoms in total. The average Bonchev–Trinajstić information content (AvgIpc) is 2.36. The van der Waals surface area contributed by atoms with Gasteiger partial charge in [-0.15, -0.1) is 0 Å². The van der Waals surface area contributed by atoms with E-state index >= 15 is 0 Å². The third-order valence-electron chi connectivity index (χ3n) is 3.34. The number of anilines is 1. The molecule has 0 spiro atoms. The van der Waals surface area contributed by atoms with Crippen LogP contribution in [-0.2, 0) is 0 Å². The quantitative estimate of drug-likeness (QED) is 0.784. The zero-order chi connectivity index (χ0) is 12.7. The van der Waals surface area contributed by atoms with Gasteiger partial charge in [0.15, 0.2) is 0 Å². The first-order valence-corrected chi connectivity index (χ1v) is 6.59. The molecule has 0 aliphatic rings. The first-order valence-electron chi connectivity index (χ1n) is 6.59. The van der Waals surface area contributed by atoms with Crippen LogP contribution in [-0.4, -0.2) is 19.6 Å². The zero-order valence-corrected chi connectivity index (χ0v) is 11.4. The highest BCUT2D eigenvalue weighted by Gasteiger charge is 2.15. The maximum Gasteiger partial charge on any atom is 0.0366 e. The van der Waals surface area contributed by atoms with E-state index in [1.165, 1.54) is 18.5 Å². The Hall–Kier alpha value is -1.02. The van der Waals surface area contributed by atoms with Gasteiger partial charge in [-0.05, 0) is 43.9 Å². The van der Waals surface area contributed by atoms with E-state index in [1.54, 1.807) is 0 Å². The second-order valence-electron chi connectivity index (χ2n) is 5.39. The first kappa shape index (κ1) is 14.0. The lowest BCUT2D eigenvalue weighted by molar-refractivity contribution is 0.338. The molecule has 0 saturated carbocycles. The Morgan fingerprint density at radius 2 is 1.82 bits per heavy atom. The summed E-state index contributed by atoms with van der Waals surface area (Å²) < 4.78 is 0. The molecule has 1 rings (SSSR count). The molecule has 0 bridgehead atoms. The molecule has 0 aliphatic carbocycles. The largest absolute Gasteiger partial charge is 0.372 e. The van der Waals surface area contributed by atoms with Crippen molar-refractivity contribution in [2.75, 3.05) is 24.5 Å². The summed E-state index contributed by atoms with van der Waals surface area (Å²) in [5, 5.41) is 0. The maximum absolute atomic E-state index is 5.75. The molecule has 2 heteroatoms. The smallest absolute Gasteiger partial charge is 0.0366 e. The van der Waals surface area contributed by atoms with Gasteiger partial charge in [0.2, 0.25) is 0 Å². The summed E-state index contributed by atoms with van der Waals surface area (Å²) in [6, 6.07) is 10.6. The van der Waals surface area contributed by atoms with E-state index in [9.17, 15) is 0 Å². The van der Waals surface area contributed by atoms with Crippen molar-refractivity contribution in [3.63, 3.8) is 0 Å². The molecule has 0 amide bonds. The minimum atomic E-state index is 0.274. The van der Waals surface area contributed by atoms with Crippen molar-refractivity contribution in [1.82, 2.24) is 0 Å². The number of nitrogens with zero attached hydrogens (tertiary/aromatic N) is 1. The van der Waals surface area contributed by atoms with Crippen LogP contribution in [0.25, 0.3) is 0 Å². The minimum Gasteiger partial charge on any atom is -0.372 e. The number of para-hydroxylation sites is 1. The second-order valence-corrected chi connectivity index (χ2v) is 5.39. The van der Waals surface area contributed by atoms with Crippen LogP contribution in [0.4, 0.5) is 5.69 Å². The third kappa shape index (κ3) is 4.78. The lowest BCUT2D eigenvalue weighted by Gasteiger charge is -2.27. The predicted octanol–water partition coefficient (Wildman–Crippen LogP) is 3.28. The van der Waals surface area contributed by atoms with E-state index in [-0.39, 0.29) is 5.41 Å². The number of hydrogen-bond acceptors (Lipinski definition) is 2. The van der Waals surface area contributed by atoms with E-state index in [0.29, 0.717) is 0 Å². The fourth-order valence-corrected chi connectivity index (χ4v) is 1.96. The Kier molecular flexibility index (Phi) is 5.49. The highest BCUT2D eigenvalue weighted by atomic mass is 15.1. The summed E-state index contributed by atoms with van der Waals surface area (Å²) in [6.45, 7) is 9.64. The fourth-order valence-electron chi connectivity index (χ4n) is 1.96. The van der Waals surface area contributed by atoms with Gasteiger partial charge < -0.3 is 10.6 Å². The average molecular weight is 234 g/mol. The second kappa shape index (κ2) is 6.65. The van der Waals surface area contributed by atoms with Gasteiger partial charge in [0.1, 0.15) is 0 Å². The van der Waals surface area contributed by atoms with Crippen molar-refractivity contribution < 1.29 is 0 Å². The third-order valence-corrected chi connectivity index (χ3v) is 3.34. The Morgan fingerprint density at radius 3 is 2.35 bits per heavy atom. The topological polar surface area (TPSA) is 29.3 Å². The number of rotatable bonds is 7. The van der Waals surface area contributed by atoms with Crippen LogP contribution in [0, 0.1) is 5.41 Å². The van der Waals surface area contributed by atoms with Crippen LogP contribution in [0.2, 0.25) is 0 Å². The zero-order valence-electron chi connectivity index (χ0n) is 11.4. The van der Waals surface area contributed by atoms with Crippen molar-refractivity contribution in [3.05, 3.63) is 30.3 Å². The van der Waals surface area contributed by atoms with Crippen molar-refractivity contribution >= 4 is 5.69 Å². The van der Waals surface area contributed by atoms with Gasteiger partial charge in [0, 0.05) is 18.8 Å². The van der Waals surface area contributed by atoms with E-state index in [2.05, 4.69) is 56.0 Å². The van der Waals surface area contributed by atoms with Gasteiger partial charge in [-0.3, -0.25) is 0 Å². The summed E-state index contributed by atoms with van der Waals surface area (Å²) in [5.41, 5.74) is 7.35. The molecule has 0 aromatic heterocycles. The standard InChI is InChI=1S/C15H26N2/c1-4-17(14-9-6-5-7-10-14)12-8-11-15(2,3)13-16/h5-7,9-10H,4,8,11-13,16H2,1-3H3. The lowest BCUT2D eigenvalue weighted by atomic mass is 9.88. The molecule has 1 aromatic rings. The summed E-state index contributed by atoms with van der Waals surface area (Å²) >= 11 is 0. The van der Waals surface area contributed by atoms with E-state index in [1.807, 2.05) is 0 Å². The molecule has 0 unspecified atom stereocenters. The van der Waals surface area contributed by atoms with Gasteiger partial charge in [-0.2, -0.15) is 0 Å². The van der Waals surface area contributed by atoms with Crippen LogP contribution < -0.4 is 10.6 Å². The van der Waals surface area contributed by atoms with Crippen LogP contribution in [0.5, 0.6) is 0 Å². The van der Waals surface area contributed by atoms with Gasteiger partial charge >= 0.3 is 0 Å². The Balaban J connectivity index is 2.44. The monoisotopic (exact) mass is 234 g/mol. The highest BCUT2D eigenvalue weighted by molar-refractivity contribution is 5.45. The molecular weight excluding hydrogens is 208 g/mol. The van der Waals surface area contributed by atoms with E-state index in [4.69, 9.17) is 5.73 Å². The van der Waals surface area contributed by atoms with Crippen LogP contribution in [0.1, 0.15) is 33.6 Å². The SMILES string of the molecule is CCN(CCCC(C)(C)CN)c1ccccc1. The van der Waals surface area contributed by atoms with Gasteiger partial charge in [0.25, 0.3) is 0 Å². The highest BCUT2D eigenvalue weighted by Crippen LogP contribution is 2.21. The Labute approximate surface area is 106 Å². The number of nitrogens with two attached hydrogens (primary N) is 1. The van der Waals surface area contributed by atoms with E-state index in [0.717, 1.165) is 19.6 Å². The summed E-state index contributed by atoms with van der Waals surface area (Å²) in [7, 11) is 0. The van der Waals surface area contributed by atoms with Crippen molar-refractivity contribution in [3.8, 4) is 0 Å². The van der Waals surface area contributed by atoms with Crippen LogP contribution in [0.3, 0.4) is 0 Å². The van der Waals surface area contributed by atoms with Gasteiger partial charge in [-0.1, -0.05) is 32.0 Å². The first-order chi connectivity index (χ1) is 8.09. The molecule has 0 radical (unpaired) electrons. The van der Waals surface area contributed by atoms with Crippen molar-refractivity contribution in [2.24, 2.45) is 11.1 Å². The van der Waals surface area contributed by atoms with Crippen LogP contribution in [0.15, 0.2) is 30.3 Å². The van der Waals surface area contributed by atoms with E-state index < -0.39 is 0 Å². The Bertz CT molecular complexity index is 306. The molecule has 0 fully saturated rings. The molecule has 96 valence electrons. The molecule has 2 N–H and O–H groups in total. The maximum atomic E-state index is 5.75. The lowest BCUT2D eigenvalue weighted by Crippen LogP contribution is -2.28. The van der Waals surface area contributed by atoms with Crippen LogP contribution >= 0.6 is 0 Å². The predicted molar refractivity (Wildman–Crippen MR) is 76.4 cm³/mol. The molecule has 0 aliphatic heterocycles. The molecule has 0 atom stereocenters. The number of benzene rings is 1. The Morgan fingerprint density at radius 1 is 1.18 bits per heavy atom. The molecule has 1 aromatic carbocycles. The van der Waals surface area contributed by atoms with Gasteiger partial charge in [0.05, 0.1) is 0 Å². The number of hydrogen-bond donors (Lipinski definition) is 1. The molecule has 0 saturated heterocycles.